The molecule has 0 N–H and O–H groups in total. The normalized spacial score (nSPS) is 19.4. The molecule has 0 bridgehead atoms. The predicted molar refractivity (Wildman–Crippen MR) is 82.7 cm³/mol. The van der Waals surface area contributed by atoms with Gasteiger partial charge in [0.25, 0.3) is 5.91 Å². The zero-order valence-corrected chi connectivity index (χ0v) is 13.2. The molecule has 1 heterocycles. The van der Waals surface area contributed by atoms with Crippen molar-refractivity contribution < 1.29 is 4.79 Å². The molecule has 1 aliphatic heterocycles. The molecule has 2 rings (SSSR count). The number of halogens is 1. The van der Waals surface area contributed by atoms with E-state index >= 15 is 0 Å². The van der Waals surface area contributed by atoms with Crippen molar-refractivity contribution in [3.05, 3.63) is 33.4 Å². The molecular formula is C15H20INO. The number of amides is 1. The van der Waals surface area contributed by atoms with Gasteiger partial charge in [-0.05, 0) is 65.5 Å². The molecule has 1 amide bonds. The Labute approximate surface area is 123 Å². The van der Waals surface area contributed by atoms with E-state index in [2.05, 4.69) is 36.4 Å². The summed E-state index contributed by atoms with van der Waals surface area (Å²) in [6, 6.07) is 7.86. The maximum atomic E-state index is 12.4. The van der Waals surface area contributed by atoms with Crippen LogP contribution in [0, 0.1) is 8.99 Å². The molecule has 3 heteroatoms. The Morgan fingerprint density at radius 3 is 2.78 bits per heavy atom. The van der Waals surface area contributed by atoms with Gasteiger partial charge in [0.15, 0.2) is 0 Å². The van der Waals surface area contributed by atoms with Gasteiger partial charge in [0.1, 0.15) is 0 Å². The van der Waals surface area contributed by atoms with Crippen molar-refractivity contribution in [1.82, 2.24) is 4.90 Å². The summed E-state index contributed by atoms with van der Waals surface area (Å²) in [5.74, 6) is 0.186. The number of carbonyl (C=O) groups is 1. The molecule has 2 nitrogen and oxygen atoms in total. The minimum Gasteiger partial charge on any atom is -0.339 e. The summed E-state index contributed by atoms with van der Waals surface area (Å²) in [7, 11) is 0. The standard InChI is InChI=1S/C15H20INO/c1-15(2)7-4-9-17(10-8-15)14(18)12-5-3-6-13(16)11-12/h3,5-6,11H,4,7-10H2,1-2H3. The smallest absolute Gasteiger partial charge is 0.253 e. The monoisotopic (exact) mass is 357 g/mol. The molecule has 1 aliphatic rings. The van der Waals surface area contributed by atoms with E-state index in [-0.39, 0.29) is 5.91 Å². The Hall–Kier alpha value is -0.580. The number of carbonyl (C=O) groups excluding carboxylic acids is 1. The number of benzene rings is 1. The Morgan fingerprint density at radius 2 is 2.06 bits per heavy atom. The minimum atomic E-state index is 0.186. The van der Waals surface area contributed by atoms with E-state index in [1.807, 2.05) is 29.2 Å². The maximum Gasteiger partial charge on any atom is 0.253 e. The van der Waals surface area contributed by atoms with Gasteiger partial charge in [0.05, 0.1) is 0 Å². The van der Waals surface area contributed by atoms with Crippen LogP contribution >= 0.6 is 22.6 Å². The van der Waals surface area contributed by atoms with Crippen LogP contribution in [0.3, 0.4) is 0 Å². The van der Waals surface area contributed by atoms with Crippen molar-refractivity contribution in [2.24, 2.45) is 5.41 Å². The molecule has 0 atom stereocenters. The molecule has 0 aromatic heterocycles. The van der Waals surface area contributed by atoms with Gasteiger partial charge in [-0.3, -0.25) is 4.79 Å². The molecule has 0 saturated carbocycles. The summed E-state index contributed by atoms with van der Waals surface area (Å²) in [4.78, 5) is 14.5. The van der Waals surface area contributed by atoms with Gasteiger partial charge in [-0.2, -0.15) is 0 Å². The van der Waals surface area contributed by atoms with Crippen LogP contribution in [0.5, 0.6) is 0 Å². The summed E-state index contributed by atoms with van der Waals surface area (Å²) in [6.07, 6.45) is 3.43. The van der Waals surface area contributed by atoms with E-state index in [4.69, 9.17) is 0 Å². The van der Waals surface area contributed by atoms with E-state index in [0.717, 1.165) is 35.1 Å². The third-order valence-corrected chi connectivity index (χ3v) is 4.37. The Morgan fingerprint density at radius 1 is 1.28 bits per heavy atom. The maximum absolute atomic E-state index is 12.4. The lowest BCUT2D eigenvalue weighted by molar-refractivity contribution is 0.0757. The molecule has 98 valence electrons. The molecule has 18 heavy (non-hydrogen) atoms. The second-order valence-corrected chi connectivity index (χ2v) is 7.07. The molecule has 0 unspecified atom stereocenters. The van der Waals surface area contributed by atoms with Crippen LogP contribution in [0.1, 0.15) is 43.5 Å². The SMILES string of the molecule is CC1(C)CCCN(C(=O)c2cccc(I)c2)CC1. The van der Waals surface area contributed by atoms with E-state index < -0.39 is 0 Å². The average molecular weight is 357 g/mol. The van der Waals surface area contributed by atoms with Crippen LogP contribution in [0.25, 0.3) is 0 Å². The van der Waals surface area contributed by atoms with Gasteiger partial charge in [-0.15, -0.1) is 0 Å². The van der Waals surface area contributed by atoms with Gasteiger partial charge in [-0.25, -0.2) is 0 Å². The Balaban J connectivity index is 2.10. The predicted octanol–water partition coefficient (Wildman–Crippen LogP) is 3.94. The average Bonchev–Trinajstić information content (AvgIpc) is 2.49. The van der Waals surface area contributed by atoms with E-state index in [0.29, 0.717) is 5.41 Å². The zero-order valence-electron chi connectivity index (χ0n) is 11.1. The topological polar surface area (TPSA) is 20.3 Å². The van der Waals surface area contributed by atoms with Gasteiger partial charge in [0, 0.05) is 22.2 Å². The summed E-state index contributed by atoms with van der Waals surface area (Å²) >= 11 is 2.25. The molecule has 1 saturated heterocycles. The number of hydrogen-bond donors (Lipinski definition) is 0. The fourth-order valence-electron chi connectivity index (χ4n) is 2.43. The first-order valence-electron chi connectivity index (χ1n) is 6.53. The third-order valence-electron chi connectivity index (χ3n) is 3.70. The van der Waals surface area contributed by atoms with Crippen LogP contribution in [0.4, 0.5) is 0 Å². The third kappa shape index (κ3) is 3.46. The lowest BCUT2D eigenvalue weighted by atomic mass is 9.85. The highest BCUT2D eigenvalue weighted by Gasteiger charge is 2.25. The molecular weight excluding hydrogens is 337 g/mol. The number of nitrogens with zero attached hydrogens (tertiary/aromatic N) is 1. The Bertz CT molecular complexity index is 442. The van der Waals surface area contributed by atoms with E-state index in [9.17, 15) is 4.79 Å². The lowest BCUT2D eigenvalue weighted by Crippen LogP contribution is -2.32. The van der Waals surface area contributed by atoms with Crippen LogP contribution in [0.2, 0.25) is 0 Å². The molecule has 0 spiro atoms. The second kappa shape index (κ2) is 5.59. The first-order chi connectivity index (χ1) is 8.48. The quantitative estimate of drug-likeness (QED) is 0.697. The number of hydrogen-bond acceptors (Lipinski definition) is 1. The highest BCUT2D eigenvalue weighted by Crippen LogP contribution is 2.30. The van der Waals surface area contributed by atoms with Crippen molar-refractivity contribution >= 4 is 28.5 Å². The van der Waals surface area contributed by atoms with Crippen molar-refractivity contribution in [2.75, 3.05) is 13.1 Å². The van der Waals surface area contributed by atoms with E-state index in [1.54, 1.807) is 0 Å². The summed E-state index contributed by atoms with van der Waals surface area (Å²) < 4.78 is 1.12. The van der Waals surface area contributed by atoms with Crippen molar-refractivity contribution in [3.8, 4) is 0 Å². The van der Waals surface area contributed by atoms with Crippen molar-refractivity contribution in [2.45, 2.75) is 33.1 Å². The first-order valence-corrected chi connectivity index (χ1v) is 7.61. The van der Waals surface area contributed by atoms with Gasteiger partial charge >= 0.3 is 0 Å². The van der Waals surface area contributed by atoms with Crippen LogP contribution in [-0.4, -0.2) is 23.9 Å². The van der Waals surface area contributed by atoms with Crippen LogP contribution in [0.15, 0.2) is 24.3 Å². The van der Waals surface area contributed by atoms with Crippen molar-refractivity contribution in [1.29, 1.82) is 0 Å². The molecule has 0 aliphatic carbocycles. The highest BCUT2D eigenvalue weighted by atomic mass is 127. The van der Waals surface area contributed by atoms with Gasteiger partial charge < -0.3 is 4.90 Å². The molecule has 1 fully saturated rings. The second-order valence-electron chi connectivity index (χ2n) is 5.82. The van der Waals surface area contributed by atoms with Crippen LogP contribution < -0.4 is 0 Å². The summed E-state index contributed by atoms with van der Waals surface area (Å²) in [5, 5.41) is 0. The van der Waals surface area contributed by atoms with Crippen LogP contribution in [-0.2, 0) is 0 Å². The number of likely N-dealkylation sites (tertiary alicyclic amines) is 1. The summed E-state index contributed by atoms with van der Waals surface area (Å²) in [5.41, 5.74) is 1.20. The molecule has 1 aromatic carbocycles. The molecule has 0 radical (unpaired) electrons. The van der Waals surface area contributed by atoms with Gasteiger partial charge in [-0.1, -0.05) is 19.9 Å². The Kier molecular flexibility index (Phi) is 4.30. The highest BCUT2D eigenvalue weighted by molar-refractivity contribution is 14.1. The van der Waals surface area contributed by atoms with Gasteiger partial charge in [0.2, 0.25) is 0 Å². The molecule has 1 aromatic rings. The fourth-order valence-corrected chi connectivity index (χ4v) is 2.97. The first kappa shape index (κ1) is 13.8. The fraction of sp³-hybridized carbons (Fsp3) is 0.533. The number of rotatable bonds is 1. The zero-order chi connectivity index (χ0) is 13.2. The van der Waals surface area contributed by atoms with E-state index in [1.165, 1.54) is 6.42 Å². The largest absolute Gasteiger partial charge is 0.339 e. The van der Waals surface area contributed by atoms with Crippen molar-refractivity contribution in [3.63, 3.8) is 0 Å². The minimum absolute atomic E-state index is 0.186. The lowest BCUT2D eigenvalue weighted by Gasteiger charge is -2.23. The summed E-state index contributed by atoms with van der Waals surface area (Å²) in [6.45, 7) is 6.38.